The molecule has 3 N–H and O–H groups in total. The number of hydrogen-bond donors (Lipinski definition) is 2. The number of nitrogens with zero attached hydrogens (tertiary/aromatic N) is 1. The van der Waals surface area contributed by atoms with Crippen LogP contribution in [0.1, 0.15) is 51.9 Å². The maximum absolute atomic E-state index is 7.45. The van der Waals surface area contributed by atoms with Gasteiger partial charge in [-0.3, -0.25) is 5.41 Å². The second-order valence-electron chi connectivity index (χ2n) is 6.21. The number of hydrogen-bond acceptors (Lipinski definition) is 2. The highest BCUT2D eigenvalue weighted by molar-refractivity contribution is 5.78. The predicted octanol–water partition coefficient (Wildman–Crippen LogP) is 2.60. The Morgan fingerprint density at radius 2 is 2.00 bits per heavy atom. The van der Waals surface area contributed by atoms with Gasteiger partial charge in [-0.25, -0.2) is 0 Å². The van der Waals surface area contributed by atoms with Crippen LogP contribution in [0.5, 0.6) is 0 Å². The number of nitrogens with one attached hydrogen (secondary N) is 1. The molecule has 1 heterocycles. The first-order chi connectivity index (χ1) is 8.13. The molecule has 2 fully saturated rings. The van der Waals surface area contributed by atoms with Crippen LogP contribution in [0, 0.1) is 16.7 Å². The van der Waals surface area contributed by atoms with Crippen LogP contribution in [0.4, 0.5) is 0 Å². The van der Waals surface area contributed by atoms with Crippen molar-refractivity contribution < 1.29 is 0 Å². The van der Waals surface area contributed by atoms with Crippen molar-refractivity contribution in [2.24, 2.45) is 17.1 Å². The Hall–Kier alpha value is -0.570. The summed E-state index contributed by atoms with van der Waals surface area (Å²) in [5.41, 5.74) is 5.94. The predicted molar refractivity (Wildman–Crippen MR) is 72.3 cm³/mol. The minimum atomic E-state index is 0.378. The summed E-state index contributed by atoms with van der Waals surface area (Å²) in [7, 11) is 0. The van der Waals surface area contributed by atoms with Crippen LogP contribution >= 0.6 is 0 Å². The Morgan fingerprint density at radius 1 is 1.35 bits per heavy atom. The van der Waals surface area contributed by atoms with E-state index in [0.717, 1.165) is 12.3 Å². The SMILES string of the molecule is CCCC1CCN(CC2(CC(=N)N)CC2)CC1. The molecule has 1 saturated heterocycles. The molecule has 17 heavy (non-hydrogen) atoms. The molecule has 3 heteroatoms. The molecule has 0 aromatic rings. The summed E-state index contributed by atoms with van der Waals surface area (Å²) in [6.45, 7) is 6.01. The van der Waals surface area contributed by atoms with E-state index in [1.54, 1.807) is 0 Å². The molecule has 98 valence electrons. The monoisotopic (exact) mass is 237 g/mol. The van der Waals surface area contributed by atoms with Crippen molar-refractivity contribution in [3.05, 3.63) is 0 Å². The first kappa shape index (κ1) is 12.9. The molecule has 3 nitrogen and oxygen atoms in total. The van der Waals surface area contributed by atoms with Crippen LogP contribution in [-0.2, 0) is 0 Å². The Bertz CT molecular complexity index is 263. The fourth-order valence-corrected chi connectivity index (χ4v) is 3.29. The van der Waals surface area contributed by atoms with Crippen LogP contribution < -0.4 is 5.73 Å². The molecule has 0 atom stereocenters. The Labute approximate surface area is 105 Å². The van der Waals surface area contributed by atoms with Crippen molar-refractivity contribution in [1.82, 2.24) is 4.90 Å². The van der Waals surface area contributed by atoms with E-state index in [9.17, 15) is 0 Å². The maximum atomic E-state index is 7.45. The van der Waals surface area contributed by atoms with E-state index in [1.807, 2.05) is 0 Å². The highest BCUT2D eigenvalue weighted by Gasteiger charge is 2.44. The fourth-order valence-electron chi connectivity index (χ4n) is 3.29. The van der Waals surface area contributed by atoms with E-state index in [1.165, 1.54) is 58.2 Å². The molecule has 1 aliphatic heterocycles. The van der Waals surface area contributed by atoms with E-state index in [0.29, 0.717) is 11.3 Å². The lowest BCUT2D eigenvalue weighted by molar-refractivity contribution is 0.150. The third kappa shape index (κ3) is 3.70. The molecular formula is C14H27N3. The van der Waals surface area contributed by atoms with E-state index in [2.05, 4.69) is 11.8 Å². The highest BCUT2D eigenvalue weighted by Crippen LogP contribution is 2.49. The van der Waals surface area contributed by atoms with Gasteiger partial charge in [-0.1, -0.05) is 19.8 Å². The van der Waals surface area contributed by atoms with Gasteiger partial charge in [0.15, 0.2) is 0 Å². The van der Waals surface area contributed by atoms with E-state index >= 15 is 0 Å². The van der Waals surface area contributed by atoms with Gasteiger partial charge in [-0.2, -0.15) is 0 Å². The molecule has 0 aromatic heterocycles. The lowest BCUT2D eigenvalue weighted by atomic mass is 9.91. The van der Waals surface area contributed by atoms with Gasteiger partial charge in [0.2, 0.25) is 0 Å². The van der Waals surface area contributed by atoms with Gasteiger partial charge in [0.1, 0.15) is 0 Å². The van der Waals surface area contributed by atoms with Crippen molar-refractivity contribution in [3.8, 4) is 0 Å². The summed E-state index contributed by atoms with van der Waals surface area (Å²) < 4.78 is 0. The number of nitrogens with two attached hydrogens (primary N) is 1. The molecule has 0 amide bonds. The van der Waals surface area contributed by atoms with Crippen LogP contribution in [0.2, 0.25) is 0 Å². The molecule has 0 unspecified atom stereocenters. The van der Waals surface area contributed by atoms with Crippen LogP contribution in [0.25, 0.3) is 0 Å². The van der Waals surface area contributed by atoms with Crippen LogP contribution in [-0.4, -0.2) is 30.4 Å². The Balaban J connectivity index is 1.73. The molecule has 0 radical (unpaired) electrons. The number of likely N-dealkylation sites (tertiary alicyclic amines) is 1. The van der Waals surface area contributed by atoms with Crippen LogP contribution in [0.15, 0.2) is 0 Å². The summed E-state index contributed by atoms with van der Waals surface area (Å²) in [5, 5.41) is 7.45. The second kappa shape index (κ2) is 5.38. The molecule has 2 rings (SSSR count). The van der Waals surface area contributed by atoms with Crippen LogP contribution in [0.3, 0.4) is 0 Å². The average Bonchev–Trinajstić information content (AvgIpc) is 3.00. The third-order valence-electron chi connectivity index (χ3n) is 4.49. The largest absolute Gasteiger partial charge is 0.388 e. The second-order valence-corrected chi connectivity index (χ2v) is 6.21. The summed E-state index contributed by atoms with van der Waals surface area (Å²) in [4.78, 5) is 2.61. The molecular weight excluding hydrogens is 210 g/mol. The van der Waals surface area contributed by atoms with Gasteiger partial charge in [0, 0.05) is 13.0 Å². The zero-order valence-electron chi connectivity index (χ0n) is 11.2. The van der Waals surface area contributed by atoms with Gasteiger partial charge < -0.3 is 10.6 Å². The molecule has 0 aromatic carbocycles. The summed E-state index contributed by atoms with van der Waals surface area (Å²) in [6, 6.07) is 0. The smallest absolute Gasteiger partial charge is 0.0911 e. The van der Waals surface area contributed by atoms with Crippen molar-refractivity contribution in [2.75, 3.05) is 19.6 Å². The van der Waals surface area contributed by atoms with Crippen molar-refractivity contribution in [2.45, 2.75) is 51.9 Å². The summed E-state index contributed by atoms with van der Waals surface area (Å²) in [6.07, 6.45) is 8.88. The Kier molecular flexibility index (Phi) is 4.08. The van der Waals surface area contributed by atoms with Crippen molar-refractivity contribution >= 4 is 5.84 Å². The molecule has 1 saturated carbocycles. The van der Waals surface area contributed by atoms with Gasteiger partial charge in [0.05, 0.1) is 5.84 Å². The lowest BCUT2D eigenvalue weighted by Crippen LogP contribution is -2.38. The first-order valence-corrected chi connectivity index (χ1v) is 7.19. The topological polar surface area (TPSA) is 53.1 Å². The van der Waals surface area contributed by atoms with Gasteiger partial charge in [-0.05, 0) is 50.1 Å². The van der Waals surface area contributed by atoms with E-state index < -0.39 is 0 Å². The van der Waals surface area contributed by atoms with Crippen molar-refractivity contribution in [1.29, 1.82) is 5.41 Å². The molecule has 1 aliphatic carbocycles. The first-order valence-electron chi connectivity index (χ1n) is 7.19. The van der Waals surface area contributed by atoms with Gasteiger partial charge in [-0.15, -0.1) is 0 Å². The fraction of sp³-hybridized carbons (Fsp3) is 0.929. The molecule has 0 bridgehead atoms. The standard InChI is InChI=1S/C14H27N3/c1-2-3-12-4-8-17(9-5-12)11-14(6-7-14)10-13(15)16/h12H,2-11H2,1H3,(H3,15,16). The summed E-state index contributed by atoms with van der Waals surface area (Å²) >= 11 is 0. The number of piperidine rings is 1. The Morgan fingerprint density at radius 3 is 2.47 bits per heavy atom. The minimum absolute atomic E-state index is 0.378. The lowest BCUT2D eigenvalue weighted by Gasteiger charge is -2.34. The van der Waals surface area contributed by atoms with Gasteiger partial charge in [0.25, 0.3) is 0 Å². The van der Waals surface area contributed by atoms with Crippen molar-refractivity contribution in [3.63, 3.8) is 0 Å². The van der Waals surface area contributed by atoms with Gasteiger partial charge >= 0.3 is 0 Å². The maximum Gasteiger partial charge on any atom is 0.0911 e. The zero-order valence-corrected chi connectivity index (χ0v) is 11.2. The minimum Gasteiger partial charge on any atom is -0.388 e. The average molecular weight is 237 g/mol. The normalized spacial score (nSPS) is 24.8. The molecule has 2 aliphatic rings. The zero-order chi connectivity index (χ0) is 12.3. The number of amidine groups is 1. The summed E-state index contributed by atoms with van der Waals surface area (Å²) in [5.74, 6) is 1.35. The van der Waals surface area contributed by atoms with E-state index in [4.69, 9.17) is 11.1 Å². The third-order valence-corrected chi connectivity index (χ3v) is 4.49. The molecule has 0 spiro atoms. The van der Waals surface area contributed by atoms with E-state index in [-0.39, 0.29) is 0 Å². The quantitative estimate of drug-likeness (QED) is 0.551. The highest BCUT2D eigenvalue weighted by atomic mass is 15.1. The number of rotatable bonds is 6.